The van der Waals surface area contributed by atoms with Crippen molar-refractivity contribution in [3.63, 3.8) is 0 Å². The summed E-state index contributed by atoms with van der Waals surface area (Å²) in [7, 11) is 0. The summed E-state index contributed by atoms with van der Waals surface area (Å²) >= 11 is 10.7. The molecule has 2 heterocycles. The Balaban J connectivity index is 2.53. The Morgan fingerprint density at radius 3 is 2.85 bits per heavy atom. The molecule has 0 aliphatic heterocycles. The van der Waals surface area contributed by atoms with Crippen molar-refractivity contribution >= 4 is 44.6 Å². The predicted molar refractivity (Wildman–Crippen MR) is 59.0 cm³/mol. The zero-order chi connectivity index (χ0) is 9.42. The van der Waals surface area contributed by atoms with E-state index in [1.807, 2.05) is 6.07 Å². The molecular weight excluding hydrogens is 274 g/mol. The van der Waals surface area contributed by atoms with Crippen molar-refractivity contribution in [1.29, 1.82) is 0 Å². The van der Waals surface area contributed by atoms with Crippen LogP contribution in [0.15, 0.2) is 16.7 Å². The number of halogens is 2. The molecule has 3 nitrogen and oxygen atoms in total. The van der Waals surface area contributed by atoms with Gasteiger partial charge in [0.1, 0.15) is 4.34 Å². The van der Waals surface area contributed by atoms with Gasteiger partial charge in [0.25, 0.3) is 0 Å². The Morgan fingerprint density at radius 1 is 1.62 bits per heavy atom. The second kappa shape index (κ2) is 3.32. The van der Waals surface area contributed by atoms with Crippen molar-refractivity contribution in [3.8, 4) is 10.6 Å². The van der Waals surface area contributed by atoms with Gasteiger partial charge in [0.2, 0.25) is 0 Å². The van der Waals surface area contributed by atoms with Gasteiger partial charge in [-0.2, -0.15) is 5.10 Å². The van der Waals surface area contributed by atoms with Gasteiger partial charge in [0.05, 0.1) is 22.5 Å². The first-order valence-corrected chi connectivity index (χ1v) is 5.41. The number of nitrogens with one attached hydrogen (secondary N) is 1. The van der Waals surface area contributed by atoms with Gasteiger partial charge >= 0.3 is 0 Å². The monoisotopic (exact) mass is 277 g/mol. The van der Waals surface area contributed by atoms with Crippen LogP contribution in [0.1, 0.15) is 0 Å². The minimum Gasteiger partial charge on any atom is -0.396 e. The number of thiophene rings is 1. The van der Waals surface area contributed by atoms with E-state index in [4.69, 9.17) is 17.3 Å². The number of nitrogens with two attached hydrogens (primary N) is 1. The average Bonchev–Trinajstić information content (AvgIpc) is 2.60. The highest BCUT2D eigenvalue weighted by Gasteiger charge is 2.10. The van der Waals surface area contributed by atoms with Crippen molar-refractivity contribution in [2.45, 2.75) is 0 Å². The third-order valence-electron chi connectivity index (χ3n) is 1.56. The van der Waals surface area contributed by atoms with Gasteiger partial charge in [0, 0.05) is 4.47 Å². The van der Waals surface area contributed by atoms with E-state index in [0.29, 0.717) is 10.0 Å². The Labute approximate surface area is 92.0 Å². The number of aromatic amines is 1. The lowest BCUT2D eigenvalue weighted by Crippen LogP contribution is -1.83. The van der Waals surface area contributed by atoms with E-state index in [9.17, 15) is 0 Å². The number of rotatable bonds is 1. The Morgan fingerprint density at radius 2 is 2.38 bits per heavy atom. The van der Waals surface area contributed by atoms with Gasteiger partial charge in [-0.3, -0.25) is 5.10 Å². The number of aromatic nitrogens is 2. The lowest BCUT2D eigenvalue weighted by molar-refractivity contribution is 1.10. The van der Waals surface area contributed by atoms with Gasteiger partial charge in [-0.05, 0) is 22.0 Å². The minimum absolute atomic E-state index is 0.630. The molecule has 0 saturated heterocycles. The maximum absolute atomic E-state index is 5.90. The van der Waals surface area contributed by atoms with E-state index in [0.717, 1.165) is 15.0 Å². The fourth-order valence-electron chi connectivity index (χ4n) is 0.963. The Bertz CT molecular complexity index is 417. The first-order chi connectivity index (χ1) is 6.18. The van der Waals surface area contributed by atoms with Crippen molar-refractivity contribution in [2.75, 3.05) is 5.73 Å². The zero-order valence-corrected chi connectivity index (χ0v) is 9.50. The number of hydrogen-bond donors (Lipinski definition) is 2. The second-order valence-corrected chi connectivity index (χ2v) is 4.94. The standard InChI is InChI=1S/C7H5BrClN3S/c8-3-1-5(13-7(3)9)6-4(10)2-11-12-6/h1-2H,10H2,(H,11,12). The molecule has 3 N–H and O–H groups in total. The SMILES string of the molecule is Nc1cn[nH]c1-c1cc(Br)c(Cl)s1. The van der Waals surface area contributed by atoms with Crippen LogP contribution in [0.2, 0.25) is 4.34 Å². The lowest BCUT2D eigenvalue weighted by Gasteiger charge is -1.91. The fraction of sp³-hybridized carbons (Fsp3) is 0. The molecule has 0 atom stereocenters. The molecule has 6 heteroatoms. The summed E-state index contributed by atoms with van der Waals surface area (Å²) < 4.78 is 1.59. The number of nitrogen functional groups attached to an aromatic ring is 1. The molecule has 0 amide bonds. The summed E-state index contributed by atoms with van der Waals surface area (Å²) in [6.07, 6.45) is 1.58. The van der Waals surface area contributed by atoms with Gasteiger partial charge in [-0.25, -0.2) is 0 Å². The van der Waals surface area contributed by atoms with E-state index in [1.54, 1.807) is 6.20 Å². The molecule has 0 aliphatic rings. The van der Waals surface area contributed by atoms with Gasteiger partial charge in [-0.15, -0.1) is 11.3 Å². The highest BCUT2D eigenvalue weighted by molar-refractivity contribution is 9.10. The molecule has 0 unspecified atom stereocenters. The topological polar surface area (TPSA) is 54.7 Å². The molecule has 68 valence electrons. The van der Waals surface area contributed by atoms with Crippen molar-refractivity contribution < 1.29 is 0 Å². The molecule has 0 spiro atoms. The molecule has 2 rings (SSSR count). The summed E-state index contributed by atoms with van der Waals surface area (Å²) in [6.45, 7) is 0. The largest absolute Gasteiger partial charge is 0.396 e. The van der Waals surface area contributed by atoms with Crippen LogP contribution in [0, 0.1) is 0 Å². The minimum atomic E-state index is 0.630. The zero-order valence-electron chi connectivity index (χ0n) is 6.34. The number of hydrogen-bond acceptors (Lipinski definition) is 3. The predicted octanol–water partition coefficient (Wildman–Crippen LogP) is 3.14. The highest BCUT2D eigenvalue weighted by atomic mass is 79.9. The molecule has 2 aromatic rings. The first-order valence-electron chi connectivity index (χ1n) is 3.42. The second-order valence-electron chi connectivity index (χ2n) is 2.43. The Kier molecular flexibility index (Phi) is 2.31. The summed E-state index contributed by atoms with van der Waals surface area (Å²) in [4.78, 5) is 0.979. The van der Waals surface area contributed by atoms with E-state index in [-0.39, 0.29) is 0 Å². The first kappa shape index (κ1) is 9.05. The molecule has 2 aromatic heterocycles. The lowest BCUT2D eigenvalue weighted by atomic mass is 10.3. The molecule has 0 saturated carbocycles. The molecule has 0 fully saturated rings. The third-order valence-corrected chi connectivity index (χ3v) is 4.05. The maximum Gasteiger partial charge on any atom is 0.108 e. The molecular formula is C7H5BrClN3S. The molecule has 13 heavy (non-hydrogen) atoms. The quantitative estimate of drug-likeness (QED) is 0.842. The summed E-state index contributed by atoms with van der Waals surface area (Å²) in [6, 6.07) is 1.91. The van der Waals surface area contributed by atoms with E-state index in [1.165, 1.54) is 11.3 Å². The summed E-state index contributed by atoms with van der Waals surface area (Å²) in [5.74, 6) is 0. The smallest absolute Gasteiger partial charge is 0.108 e. The molecule has 0 aromatic carbocycles. The van der Waals surface area contributed by atoms with Crippen LogP contribution in [-0.4, -0.2) is 10.2 Å². The van der Waals surface area contributed by atoms with E-state index >= 15 is 0 Å². The van der Waals surface area contributed by atoms with Gasteiger partial charge in [-0.1, -0.05) is 11.6 Å². The van der Waals surface area contributed by atoms with Crippen LogP contribution in [0.5, 0.6) is 0 Å². The van der Waals surface area contributed by atoms with Crippen LogP contribution in [-0.2, 0) is 0 Å². The van der Waals surface area contributed by atoms with Crippen molar-refractivity contribution in [3.05, 3.63) is 21.1 Å². The normalized spacial score (nSPS) is 10.6. The summed E-state index contributed by atoms with van der Waals surface area (Å²) in [5.41, 5.74) is 7.13. The molecule has 0 aliphatic carbocycles. The Hall–Kier alpha value is -0.520. The third kappa shape index (κ3) is 1.59. The van der Waals surface area contributed by atoms with Crippen LogP contribution in [0.25, 0.3) is 10.6 Å². The van der Waals surface area contributed by atoms with Crippen LogP contribution >= 0.6 is 38.9 Å². The number of H-pyrrole nitrogens is 1. The van der Waals surface area contributed by atoms with Crippen molar-refractivity contribution in [1.82, 2.24) is 10.2 Å². The maximum atomic E-state index is 5.90. The van der Waals surface area contributed by atoms with Gasteiger partial charge in [0.15, 0.2) is 0 Å². The number of anilines is 1. The van der Waals surface area contributed by atoms with Gasteiger partial charge < -0.3 is 5.73 Å². The highest BCUT2D eigenvalue weighted by Crippen LogP contribution is 2.38. The van der Waals surface area contributed by atoms with Crippen LogP contribution in [0.4, 0.5) is 5.69 Å². The van der Waals surface area contributed by atoms with Crippen LogP contribution in [0.3, 0.4) is 0 Å². The average molecular weight is 279 g/mol. The van der Waals surface area contributed by atoms with E-state index in [2.05, 4.69) is 26.1 Å². The number of nitrogens with zero attached hydrogens (tertiary/aromatic N) is 1. The van der Waals surface area contributed by atoms with Crippen molar-refractivity contribution in [2.24, 2.45) is 0 Å². The van der Waals surface area contributed by atoms with Crippen LogP contribution < -0.4 is 5.73 Å². The molecule has 0 radical (unpaired) electrons. The fourth-order valence-corrected chi connectivity index (χ4v) is 2.68. The summed E-state index contributed by atoms with van der Waals surface area (Å²) in [5, 5.41) is 6.65. The molecule has 0 bridgehead atoms. The van der Waals surface area contributed by atoms with E-state index < -0.39 is 0 Å².